The fourth-order valence-electron chi connectivity index (χ4n) is 4.66. The molecule has 4 heteroatoms. The van der Waals surface area contributed by atoms with E-state index in [2.05, 4.69) is 67.7 Å². The molecule has 30 heavy (non-hydrogen) atoms. The number of fused-ring (bicyclic) bond motifs is 2. The molecule has 3 aromatic carbocycles. The topological polar surface area (TPSA) is 41.6 Å². The molecule has 2 aliphatic heterocycles. The van der Waals surface area contributed by atoms with Gasteiger partial charge in [-0.25, -0.2) is 0 Å². The average Bonchev–Trinajstić information content (AvgIpc) is 3.22. The Morgan fingerprint density at radius 3 is 2.67 bits per heavy atom. The van der Waals surface area contributed by atoms with Crippen molar-refractivity contribution < 1.29 is 9.53 Å². The van der Waals surface area contributed by atoms with Gasteiger partial charge < -0.3 is 15.0 Å². The summed E-state index contributed by atoms with van der Waals surface area (Å²) in [7, 11) is 0. The highest BCUT2D eigenvalue weighted by atomic mass is 16.5. The van der Waals surface area contributed by atoms with Crippen LogP contribution in [0.25, 0.3) is 21.9 Å². The van der Waals surface area contributed by atoms with E-state index in [1.807, 2.05) is 17.0 Å². The smallest absolute Gasteiger partial charge is 0.254 e. The van der Waals surface area contributed by atoms with Gasteiger partial charge in [0.2, 0.25) is 0 Å². The van der Waals surface area contributed by atoms with E-state index >= 15 is 0 Å². The molecule has 0 aliphatic carbocycles. The Bertz CT molecular complexity index is 1060. The average molecular weight is 401 g/mol. The minimum Gasteiger partial charge on any atom is -0.373 e. The first kappa shape index (κ1) is 19.3. The predicted molar refractivity (Wildman–Crippen MR) is 121 cm³/mol. The molecule has 4 nitrogen and oxygen atoms in total. The number of hydrogen-bond donors (Lipinski definition) is 1. The molecule has 1 N–H and O–H groups in total. The second-order valence-electron chi connectivity index (χ2n) is 8.70. The van der Waals surface area contributed by atoms with Gasteiger partial charge in [-0.2, -0.15) is 0 Å². The molecule has 2 saturated heterocycles. The summed E-state index contributed by atoms with van der Waals surface area (Å²) in [6, 6.07) is 21.5. The van der Waals surface area contributed by atoms with Gasteiger partial charge in [0.25, 0.3) is 5.91 Å². The largest absolute Gasteiger partial charge is 0.373 e. The molecular weight excluding hydrogens is 372 g/mol. The lowest BCUT2D eigenvalue weighted by molar-refractivity contribution is 0.0176. The summed E-state index contributed by atoms with van der Waals surface area (Å²) in [6.45, 7) is 7.38. The molecule has 0 bridgehead atoms. The van der Waals surface area contributed by atoms with E-state index in [1.54, 1.807) is 0 Å². The van der Waals surface area contributed by atoms with E-state index in [0.717, 1.165) is 24.1 Å². The lowest BCUT2D eigenvalue weighted by Gasteiger charge is -2.25. The molecule has 3 aromatic rings. The summed E-state index contributed by atoms with van der Waals surface area (Å²) in [5.41, 5.74) is 4.49. The van der Waals surface area contributed by atoms with Gasteiger partial charge in [-0.1, -0.05) is 62.4 Å². The van der Waals surface area contributed by atoms with Gasteiger partial charge in [0.05, 0.1) is 18.8 Å². The maximum absolute atomic E-state index is 13.1. The van der Waals surface area contributed by atoms with E-state index < -0.39 is 0 Å². The summed E-state index contributed by atoms with van der Waals surface area (Å²) in [4.78, 5) is 15.1. The van der Waals surface area contributed by atoms with Crippen molar-refractivity contribution in [2.45, 2.75) is 31.9 Å². The van der Waals surface area contributed by atoms with Crippen LogP contribution in [0.4, 0.5) is 0 Å². The standard InChI is InChI=1S/C26H28N2O2/c1-17(2)18-6-8-19(9-7-18)22-5-3-4-20-14-21(10-11-23(20)22)26(29)28-15-24-25(16-28)30-13-12-27-24/h3-11,14,17,24-25,27H,12-13,15-16H2,1-2H3/t24-,25+/m0/s1. The number of benzene rings is 3. The summed E-state index contributed by atoms with van der Waals surface area (Å²) in [5, 5.41) is 5.73. The van der Waals surface area contributed by atoms with Gasteiger partial charge in [-0.3, -0.25) is 4.79 Å². The van der Waals surface area contributed by atoms with Crippen molar-refractivity contribution in [2.75, 3.05) is 26.2 Å². The van der Waals surface area contributed by atoms with Gasteiger partial charge >= 0.3 is 0 Å². The summed E-state index contributed by atoms with van der Waals surface area (Å²) in [5.74, 6) is 0.610. The van der Waals surface area contributed by atoms with E-state index in [0.29, 0.717) is 19.0 Å². The lowest BCUT2D eigenvalue weighted by Crippen LogP contribution is -2.47. The van der Waals surface area contributed by atoms with Crippen molar-refractivity contribution in [2.24, 2.45) is 0 Å². The Labute approximate surface area is 177 Å². The van der Waals surface area contributed by atoms with Crippen LogP contribution in [0.1, 0.15) is 35.7 Å². The van der Waals surface area contributed by atoms with E-state index in [-0.39, 0.29) is 18.1 Å². The number of carbonyl (C=O) groups excluding carboxylic acids is 1. The molecule has 0 unspecified atom stereocenters. The number of hydrogen-bond acceptors (Lipinski definition) is 3. The maximum Gasteiger partial charge on any atom is 0.254 e. The van der Waals surface area contributed by atoms with Gasteiger partial charge in [0.1, 0.15) is 0 Å². The van der Waals surface area contributed by atoms with Crippen molar-refractivity contribution in [1.82, 2.24) is 10.2 Å². The van der Waals surface area contributed by atoms with E-state index in [4.69, 9.17) is 4.74 Å². The van der Waals surface area contributed by atoms with Crippen LogP contribution in [0.15, 0.2) is 60.7 Å². The molecule has 0 radical (unpaired) electrons. The number of likely N-dealkylation sites (tertiary alicyclic amines) is 1. The van der Waals surface area contributed by atoms with Crippen LogP contribution in [0.3, 0.4) is 0 Å². The van der Waals surface area contributed by atoms with Crippen LogP contribution in [0, 0.1) is 0 Å². The molecule has 0 saturated carbocycles. The Morgan fingerprint density at radius 1 is 1.07 bits per heavy atom. The highest BCUT2D eigenvalue weighted by Crippen LogP contribution is 2.31. The number of nitrogens with one attached hydrogen (secondary N) is 1. The molecule has 2 aliphatic rings. The third-order valence-electron chi connectivity index (χ3n) is 6.41. The minimum atomic E-state index is 0.0865. The first-order valence-corrected chi connectivity index (χ1v) is 10.9. The van der Waals surface area contributed by atoms with Crippen molar-refractivity contribution in [3.8, 4) is 11.1 Å². The van der Waals surface area contributed by atoms with Crippen molar-refractivity contribution >= 4 is 16.7 Å². The van der Waals surface area contributed by atoms with Crippen molar-refractivity contribution in [3.63, 3.8) is 0 Å². The van der Waals surface area contributed by atoms with Gasteiger partial charge in [-0.05, 0) is 45.5 Å². The molecule has 0 spiro atoms. The van der Waals surface area contributed by atoms with Crippen LogP contribution in [0.5, 0.6) is 0 Å². The van der Waals surface area contributed by atoms with Gasteiger partial charge in [0, 0.05) is 25.2 Å². The van der Waals surface area contributed by atoms with Crippen LogP contribution in [-0.4, -0.2) is 49.2 Å². The molecular formula is C26H28N2O2. The van der Waals surface area contributed by atoms with Crippen LogP contribution in [-0.2, 0) is 4.74 Å². The second-order valence-corrected chi connectivity index (χ2v) is 8.70. The fraction of sp³-hybridized carbons (Fsp3) is 0.346. The highest BCUT2D eigenvalue weighted by molar-refractivity contribution is 6.02. The van der Waals surface area contributed by atoms with Crippen LogP contribution in [0.2, 0.25) is 0 Å². The van der Waals surface area contributed by atoms with E-state index in [9.17, 15) is 4.79 Å². The molecule has 2 atom stereocenters. The summed E-state index contributed by atoms with van der Waals surface area (Å²) in [6.07, 6.45) is 0.114. The monoisotopic (exact) mass is 400 g/mol. The normalized spacial score (nSPS) is 21.2. The Morgan fingerprint density at radius 2 is 1.90 bits per heavy atom. The number of morpholine rings is 1. The first-order valence-electron chi connectivity index (χ1n) is 10.9. The Balaban J connectivity index is 1.43. The Hall–Kier alpha value is -2.69. The number of rotatable bonds is 3. The van der Waals surface area contributed by atoms with Crippen LogP contribution < -0.4 is 5.32 Å². The predicted octanol–water partition coefficient (Wildman–Crippen LogP) is 4.44. The first-order chi connectivity index (χ1) is 14.6. The number of ether oxygens (including phenoxy) is 1. The Kier molecular flexibility index (Phi) is 5.05. The quantitative estimate of drug-likeness (QED) is 0.707. The molecule has 0 aromatic heterocycles. The van der Waals surface area contributed by atoms with Crippen molar-refractivity contribution in [1.29, 1.82) is 0 Å². The van der Waals surface area contributed by atoms with Crippen molar-refractivity contribution in [3.05, 3.63) is 71.8 Å². The maximum atomic E-state index is 13.1. The highest BCUT2D eigenvalue weighted by Gasteiger charge is 2.37. The van der Waals surface area contributed by atoms with E-state index in [1.165, 1.54) is 22.1 Å². The second kappa shape index (κ2) is 7.86. The summed E-state index contributed by atoms with van der Waals surface area (Å²) < 4.78 is 5.82. The molecule has 2 fully saturated rings. The third kappa shape index (κ3) is 3.51. The van der Waals surface area contributed by atoms with Crippen LogP contribution >= 0.6 is 0 Å². The molecule has 154 valence electrons. The molecule has 1 amide bonds. The number of carbonyl (C=O) groups is 1. The van der Waals surface area contributed by atoms with Gasteiger partial charge in [0.15, 0.2) is 0 Å². The zero-order valence-corrected chi connectivity index (χ0v) is 17.6. The summed E-state index contributed by atoms with van der Waals surface area (Å²) >= 11 is 0. The zero-order chi connectivity index (χ0) is 20.7. The van der Waals surface area contributed by atoms with Gasteiger partial charge in [-0.15, -0.1) is 0 Å². The fourth-order valence-corrected chi connectivity index (χ4v) is 4.66. The molecule has 5 rings (SSSR count). The number of nitrogens with zero attached hydrogens (tertiary/aromatic N) is 1. The third-order valence-corrected chi connectivity index (χ3v) is 6.41. The number of amides is 1. The zero-order valence-electron chi connectivity index (χ0n) is 17.6. The minimum absolute atomic E-state index is 0.0865. The molecule has 2 heterocycles. The SMILES string of the molecule is CC(C)c1ccc(-c2cccc3cc(C(=O)N4C[C@@H]5NCCO[C@@H]5C4)ccc23)cc1. The lowest BCUT2D eigenvalue weighted by atomic mass is 9.94.